The van der Waals surface area contributed by atoms with Gasteiger partial charge < -0.3 is 10.1 Å². The van der Waals surface area contributed by atoms with Crippen LogP contribution < -0.4 is 26.0 Å². The largest absolute Gasteiger partial charge is 0.464 e. The Labute approximate surface area is 239 Å². The molecule has 0 radical (unpaired) electrons. The Bertz CT molecular complexity index is 1800. The molecule has 0 aliphatic carbocycles. The topological polar surface area (TPSA) is 57.4 Å². The third kappa shape index (κ3) is 4.41. The first kappa shape index (κ1) is 24.1. The lowest BCUT2D eigenvalue weighted by Crippen LogP contribution is -2.54. The van der Waals surface area contributed by atoms with Gasteiger partial charge in [0.2, 0.25) is 0 Å². The molecule has 8 rings (SSSR count). The lowest BCUT2D eigenvalue weighted by atomic mass is 9.97. The van der Waals surface area contributed by atoms with Crippen molar-refractivity contribution >= 4 is 27.2 Å². The predicted octanol–water partition coefficient (Wildman–Crippen LogP) is 7.67. The van der Waals surface area contributed by atoms with E-state index in [1.165, 1.54) is 32.8 Å². The van der Waals surface area contributed by atoms with Gasteiger partial charge in [0, 0.05) is 10.9 Å². The Morgan fingerprint density at radius 1 is 0.463 bits per heavy atom. The van der Waals surface area contributed by atoms with Gasteiger partial charge in [-0.3, -0.25) is 16.0 Å². The van der Waals surface area contributed by atoms with Crippen molar-refractivity contribution in [3.05, 3.63) is 156 Å². The third-order valence-corrected chi connectivity index (χ3v) is 8.20. The molecule has 4 N–H and O–H groups in total. The van der Waals surface area contributed by atoms with E-state index in [9.17, 15) is 0 Å². The van der Waals surface area contributed by atoms with Crippen LogP contribution in [0.4, 0.5) is 5.69 Å². The number of anilines is 1. The maximum Gasteiger partial charge on any atom is 0.196 e. The van der Waals surface area contributed by atoms with E-state index in [0.717, 1.165) is 22.4 Å². The van der Waals surface area contributed by atoms with E-state index < -0.39 is 0 Å². The molecule has 2 heterocycles. The van der Waals surface area contributed by atoms with Crippen LogP contribution in [-0.4, -0.2) is 0 Å². The smallest absolute Gasteiger partial charge is 0.196 e. The number of benzene rings is 6. The second-order valence-corrected chi connectivity index (χ2v) is 10.8. The molecule has 6 aromatic carbocycles. The molecule has 1 saturated heterocycles. The van der Waals surface area contributed by atoms with E-state index >= 15 is 0 Å². The van der Waals surface area contributed by atoms with Crippen LogP contribution in [0.25, 0.3) is 21.5 Å². The molecule has 41 heavy (non-hydrogen) atoms. The molecule has 5 nitrogen and oxygen atoms in total. The Hall–Kier alpha value is -4.68. The molecule has 5 heteroatoms. The molecule has 0 amide bonds. The van der Waals surface area contributed by atoms with Gasteiger partial charge in [0.15, 0.2) is 12.0 Å². The number of nitrogens with one attached hydrogen (secondary N) is 4. The van der Waals surface area contributed by atoms with Crippen LogP contribution in [0.5, 0.6) is 5.75 Å². The predicted molar refractivity (Wildman–Crippen MR) is 165 cm³/mol. The van der Waals surface area contributed by atoms with Crippen molar-refractivity contribution in [1.82, 2.24) is 16.0 Å². The lowest BCUT2D eigenvalue weighted by molar-refractivity contribution is 0.203. The van der Waals surface area contributed by atoms with Gasteiger partial charge in [-0.1, -0.05) is 121 Å². The highest BCUT2D eigenvalue weighted by Crippen LogP contribution is 2.46. The van der Waals surface area contributed by atoms with Crippen LogP contribution in [-0.2, 0) is 0 Å². The van der Waals surface area contributed by atoms with Crippen LogP contribution >= 0.6 is 0 Å². The van der Waals surface area contributed by atoms with Crippen LogP contribution in [0.1, 0.15) is 47.0 Å². The van der Waals surface area contributed by atoms with E-state index in [1.807, 2.05) is 18.2 Å². The zero-order valence-corrected chi connectivity index (χ0v) is 22.4. The average Bonchev–Trinajstić information content (AvgIpc) is 3.50. The fourth-order valence-electron chi connectivity index (χ4n) is 6.13. The minimum Gasteiger partial charge on any atom is -0.464 e. The SMILES string of the molecule is c1ccc(C2NC(c3ccccc3)NC(c3ccc4ccc5ccc6c(c5c4c3)OC(c3ccccc3)N6)N2)cc1. The molecule has 0 aromatic heterocycles. The number of hydrogen-bond donors (Lipinski definition) is 4. The van der Waals surface area contributed by atoms with Crippen molar-refractivity contribution in [3.8, 4) is 5.75 Å². The molecule has 0 spiro atoms. The number of fused-ring (bicyclic) bond motifs is 5. The highest BCUT2D eigenvalue weighted by Gasteiger charge is 2.30. The first-order valence-corrected chi connectivity index (χ1v) is 14.2. The highest BCUT2D eigenvalue weighted by atomic mass is 16.5. The maximum absolute atomic E-state index is 6.60. The van der Waals surface area contributed by atoms with Crippen molar-refractivity contribution in [2.45, 2.75) is 24.7 Å². The lowest BCUT2D eigenvalue weighted by Gasteiger charge is -2.39. The quantitative estimate of drug-likeness (QED) is 0.175. The molecule has 0 saturated carbocycles. The summed E-state index contributed by atoms with van der Waals surface area (Å²) < 4.78 is 6.60. The van der Waals surface area contributed by atoms with Gasteiger partial charge in [-0.05, 0) is 45.0 Å². The standard InChI is InChI=1S/C36H30N4O/c1-4-10-25(11-5-1)33-38-34(26-12-6-2-7-13-26)40-35(39-33)28-19-17-23-16-18-24-20-21-30-32(31(24)29(23)22-28)41-36(37-30)27-14-8-3-9-15-27/h1-22,33-40H. The molecule has 6 aromatic rings. The molecule has 200 valence electrons. The van der Waals surface area contributed by atoms with Crippen LogP contribution in [0.3, 0.4) is 0 Å². The van der Waals surface area contributed by atoms with Crippen LogP contribution in [0.15, 0.2) is 133 Å². The zero-order chi connectivity index (χ0) is 27.2. The molecular weight excluding hydrogens is 504 g/mol. The molecule has 3 atom stereocenters. The Morgan fingerprint density at radius 3 is 1.61 bits per heavy atom. The normalized spacial score (nSPS) is 21.8. The fourth-order valence-corrected chi connectivity index (χ4v) is 6.13. The van der Waals surface area contributed by atoms with E-state index in [-0.39, 0.29) is 24.7 Å². The number of rotatable bonds is 4. The minimum atomic E-state index is -0.207. The number of hydrogen-bond acceptors (Lipinski definition) is 5. The van der Waals surface area contributed by atoms with Gasteiger partial charge >= 0.3 is 0 Å². The van der Waals surface area contributed by atoms with Crippen LogP contribution in [0.2, 0.25) is 0 Å². The Balaban J connectivity index is 1.21. The summed E-state index contributed by atoms with van der Waals surface area (Å²) in [6.45, 7) is 0. The second-order valence-electron chi connectivity index (χ2n) is 10.8. The summed E-state index contributed by atoms with van der Waals surface area (Å²) in [5, 5.41) is 19.6. The van der Waals surface area contributed by atoms with Gasteiger partial charge in [0.1, 0.15) is 0 Å². The highest BCUT2D eigenvalue weighted by molar-refractivity contribution is 6.13. The van der Waals surface area contributed by atoms with Gasteiger partial charge in [-0.2, -0.15) is 0 Å². The average molecular weight is 535 g/mol. The summed E-state index contributed by atoms with van der Waals surface area (Å²) >= 11 is 0. The van der Waals surface area contributed by atoms with Crippen molar-refractivity contribution in [2.24, 2.45) is 0 Å². The molecule has 2 aliphatic heterocycles. The Morgan fingerprint density at radius 2 is 0.976 bits per heavy atom. The summed E-state index contributed by atoms with van der Waals surface area (Å²) in [7, 11) is 0. The third-order valence-electron chi connectivity index (χ3n) is 8.20. The summed E-state index contributed by atoms with van der Waals surface area (Å²) in [4.78, 5) is 0. The van der Waals surface area contributed by atoms with Gasteiger partial charge in [0.25, 0.3) is 0 Å². The van der Waals surface area contributed by atoms with Gasteiger partial charge in [0.05, 0.1) is 24.2 Å². The molecule has 0 bridgehead atoms. The summed E-state index contributed by atoms with van der Waals surface area (Å²) in [6, 6.07) is 46.9. The summed E-state index contributed by atoms with van der Waals surface area (Å²) in [5.74, 6) is 0.912. The number of ether oxygens (including phenoxy) is 1. The van der Waals surface area contributed by atoms with E-state index in [2.05, 4.69) is 137 Å². The van der Waals surface area contributed by atoms with E-state index in [1.54, 1.807) is 0 Å². The van der Waals surface area contributed by atoms with Gasteiger partial charge in [-0.15, -0.1) is 0 Å². The second kappa shape index (κ2) is 10.1. The van der Waals surface area contributed by atoms with Crippen molar-refractivity contribution in [1.29, 1.82) is 0 Å². The first-order chi connectivity index (χ1) is 20.3. The van der Waals surface area contributed by atoms with Crippen LogP contribution in [0, 0.1) is 0 Å². The summed E-state index contributed by atoms with van der Waals surface area (Å²) in [5.41, 5.74) is 5.72. The molecule has 1 fully saturated rings. The minimum absolute atomic E-state index is 0.0146. The molecule has 2 aliphatic rings. The van der Waals surface area contributed by atoms with Crippen molar-refractivity contribution in [2.75, 3.05) is 5.32 Å². The van der Waals surface area contributed by atoms with Gasteiger partial charge in [-0.25, -0.2) is 0 Å². The maximum atomic E-state index is 6.60. The monoisotopic (exact) mass is 534 g/mol. The molecule has 3 unspecified atom stereocenters. The zero-order valence-electron chi connectivity index (χ0n) is 22.4. The summed E-state index contributed by atoms with van der Waals surface area (Å²) in [6.07, 6.45) is -0.306. The first-order valence-electron chi connectivity index (χ1n) is 14.2. The van der Waals surface area contributed by atoms with Crippen molar-refractivity contribution in [3.63, 3.8) is 0 Å². The van der Waals surface area contributed by atoms with E-state index in [0.29, 0.717) is 0 Å². The fraction of sp³-hybridized carbons (Fsp3) is 0.111. The Kier molecular flexibility index (Phi) is 5.92. The molecular formula is C36H30N4O. The van der Waals surface area contributed by atoms with E-state index in [4.69, 9.17) is 4.74 Å². The van der Waals surface area contributed by atoms with Crippen molar-refractivity contribution < 1.29 is 4.74 Å².